The van der Waals surface area contributed by atoms with E-state index in [9.17, 15) is 4.79 Å². The van der Waals surface area contributed by atoms with Gasteiger partial charge in [-0.25, -0.2) is 4.79 Å². The Labute approximate surface area is 103 Å². The molecule has 2 heteroatoms. The lowest BCUT2D eigenvalue weighted by atomic mass is 10.1. The van der Waals surface area contributed by atoms with E-state index in [0.717, 1.165) is 12.8 Å². The van der Waals surface area contributed by atoms with Gasteiger partial charge in [0.1, 0.15) is 0 Å². The number of ether oxygens (including phenoxy) is 1. The second-order valence-electron chi connectivity index (χ2n) is 4.40. The van der Waals surface area contributed by atoms with Crippen LogP contribution in [-0.2, 0) is 16.0 Å². The van der Waals surface area contributed by atoms with Gasteiger partial charge in [-0.05, 0) is 38.7 Å². The van der Waals surface area contributed by atoms with Gasteiger partial charge in [0, 0.05) is 5.57 Å². The standard InChI is InChI=1S/C15H20O2/c1-12(2)17-15(16)13(3)8-7-11-14-9-5-4-6-10-14/h4-6,9-10,12H,3,7-8,11H2,1-2H3. The van der Waals surface area contributed by atoms with Crippen LogP contribution in [0.5, 0.6) is 0 Å². The molecule has 0 spiro atoms. The van der Waals surface area contributed by atoms with Crippen molar-refractivity contribution in [2.45, 2.75) is 39.2 Å². The molecule has 0 aliphatic carbocycles. The van der Waals surface area contributed by atoms with E-state index in [1.54, 1.807) is 0 Å². The molecule has 2 nitrogen and oxygen atoms in total. The molecule has 0 saturated carbocycles. The molecule has 1 aromatic rings. The van der Waals surface area contributed by atoms with Crippen LogP contribution in [0.15, 0.2) is 42.5 Å². The molecular formula is C15H20O2. The number of carbonyl (C=O) groups is 1. The summed E-state index contributed by atoms with van der Waals surface area (Å²) in [5.41, 5.74) is 1.85. The predicted molar refractivity (Wildman–Crippen MR) is 69.7 cm³/mol. The summed E-state index contributed by atoms with van der Waals surface area (Å²) in [5.74, 6) is -0.270. The fraction of sp³-hybridized carbons (Fsp3) is 0.400. The summed E-state index contributed by atoms with van der Waals surface area (Å²) in [6, 6.07) is 10.2. The van der Waals surface area contributed by atoms with Gasteiger partial charge in [-0.1, -0.05) is 36.9 Å². The number of rotatable bonds is 6. The van der Waals surface area contributed by atoms with Crippen LogP contribution < -0.4 is 0 Å². The summed E-state index contributed by atoms with van der Waals surface area (Å²) in [5, 5.41) is 0. The van der Waals surface area contributed by atoms with Crippen molar-refractivity contribution in [3.8, 4) is 0 Å². The Bertz CT molecular complexity index is 366. The van der Waals surface area contributed by atoms with E-state index in [-0.39, 0.29) is 12.1 Å². The van der Waals surface area contributed by atoms with Gasteiger partial charge in [0.25, 0.3) is 0 Å². The second-order valence-corrected chi connectivity index (χ2v) is 4.40. The molecule has 0 amide bonds. The molecule has 0 fully saturated rings. The number of hydrogen-bond donors (Lipinski definition) is 0. The molecule has 0 heterocycles. The van der Waals surface area contributed by atoms with E-state index in [1.807, 2.05) is 32.0 Å². The third kappa shape index (κ3) is 5.34. The topological polar surface area (TPSA) is 26.3 Å². The van der Waals surface area contributed by atoms with Gasteiger partial charge in [-0.3, -0.25) is 0 Å². The van der Waals surface area contributed by atoms with Crippen LogP contribution >= 0.6 is 0 Å². The molecule has 0 aliphatic rings. The lowest BCUT2D eigenvalue weighted by Gasteiger charge is -2.09. The first-order valence-corrected chi connectivity index (χ1v) is 6.02. The third-order valence-corrected chi connectivity index (χ3v) is 2.42. The molecule has 1 rings (SSSR count). The van der Waals surface area contributed by atoms with Crippen molar-refractivity contribution in [3.63, 3.8) is 0 Å². The van der Waals surface area contributed by atoms with Crippen LogP contribution in [0.1, 0.15) is 32.3 Å². The highest BCUT2D eigenvalue weighted by atomic mass is 16.5. The van der Waals surface area contributed by atoms with Crippen LogP contribution in [0.2, 0.25) is 0 Å². The molecule has 0 bridgehead atoms. The average Bonchev–Trinajstić information content (AvgIpc) is 2.29. The third-order valence-electron chi connectivity index (χ3n) is 2.42. The Balaban J connectivity index is 2.27. The van der Waals surface area contributed by atoms with Crippen molar-refractivity contribution in [2.24, 2.45) is 0 Å². The van der Waals surface area contributed by atoms with Gasteiger partial charge in [0.2, 0.25) is 0 Å². The highest BCUT2D eigenvalue weighted by Gasteiger charge is 2.09. The molecular weight excluding hydrogens is 212 g/mol. The summed E-state index contributed by atoms with van der Waals surface area (Å²) in [6.07, 6.45) is 2.51. The first-order chi connectivity index (χ1) is 8.09. The molecule has 0 radical (unpaired) electrons. The SMILES string of the molecule is C=C(CCCc1ccccc1)C(=O)OC(C)C. The van der Waals surface area contributed by atoms with Crippen molar-refractivity contribution >= 4 is 5.97 Å². The van der Waals surface area contributed by atoms with Crippen molar-refractivity contribution in [2.75, 3.05) is 0 Å². The Morgan fingerprint density at radius 1 is 1.29 bits per heavy atom. The summed E-state index contributed by atoms with van der Waals surface area (Å²) >= 11 is 0. The van der Waals surface area contributed by atoms with Crippen molar-refractivity contribution in [1.82, 2.24) is 0 Å². The quantitative estimate of drug-likeness (QED) is 0.554. The largest absolute Gasteiger partial charge is 0.460 e. The molecule has 0 N–H and O–H groups in total. The molecule has 0 atom stereocenters. The highest BCUT2D eigenvalue weighted by molar-refractivity contribution is 5.87. The second kappa shape index (κ2) is 6.89. The summed E-state index contributed by atoms with van der Waals surface area (Å²) in [6.45, 7) is 7.45. The van der Waals surface area contributed by atoms with Gasteiger partial charge in [-0.2, -0.15) is 0 Å². The van der Waals surface area contributed by atoms with E-state index in [4.69, 9.17) is 4.74 Å². The van der Waals surface area contributed by atoms with Gasteiger partial charge in [0.15, 0.2) is 0 Å². The van der Waals surface area contributed by atoms with E-state index in [2.05, 4.69) is 18.7 Å². The zero-order chi connectivity index (χ0) is 12.7. The molecule has 92 valence electrons. The smallest absolute Gasteiger partial charge is 0.333 e. The Morgan fingerprint density at radius 3 is 2.53 bits per heavy atom. The van der Waals surface area contributed by atoms with Crippen LogP contribution in [0.3, 0.4) is 0 Å². The lowest BCUT2D eigenvalue weighted by Crippen LogP contribution is -2.13. The molecule has 0 unspecified atom stereocenters. The number of benzene rings is 1. The number of aryl methyl sites for hydroxylation is 1. The van der Waals surface area contributed by atoms with Gasteiger partial charge in [0.05, 0.1) is 6.10 Å². The number of hydrogen-bond acceptors (Lipinski definition) is 2. The van der Waals surface area contributed by atoms with E-state index < -0.39 is 0 Å². The monoisotopic (exact) mass is 232 g/mol. The van der Waals surface area contributed by atoms with Gasteiger partial charge >= 0.3 is 5.97 Å². The van der Waals surface area contributed by atoms with Crippen LogP contribution in [-0.4, -0.2) is 12.1 Å². The minimum Gasteiger partial charge on any atom is -0.460 e. The zero-order valence-electron chi connectivity index (χ0n) is 10.6. The molecule has 17 heavy (non-hydrogen) atoms. The van der Waals surface area contributed by atoms with Crippen LogP contribution in [0.4, 0.5) is 0 Å². The Hall–Kier alpha value is -1.57. The normalized spacial score (nSPS) is 10.3. The fourth-order valence-corrected chi connectivity index (χ4v) is 1.55. The maximum atomic E-state index is 11.5. The van der Waals surface area contributed by atoms with Crippen LogP contribution in [0.25, 0.3) is 0 Å². The zero-order valence-corrected chi connectivity index (χ0v) is 10.6. The molecule has 0 aromatic heterocycles. The number of esters is 1. The maximum absolute atomic E-state index is 11.5. The molecule has 0 aliphatic heterocycles. The van der Waals surface area contributed by atoms with Gasteiger partial charge < -0.3 is 4.74 Å². The fourth-order valence-electron chi connectivity index (χ4n) is 1.55. The van der Waals surface area contributed by atoms with E-state index in [1.165, 1.54) is 5.56 Å². The lowest BCUT2D eigenvalue weighted by molar-refractivity contribution is -0.142. The van der Waals surface area contributed by atoms with E-state index in [0.29, 0.717) is 12.0 Å². The molecule has 1 aromatic carbocycles. The highest BCUT2D eigenvalue weighted by Crippen LogP contribution is 2.10. The van der Waals surface area contributed by atoms with Gasteiger partial charge in [-0.15, -0.1) is 0 Å². The van der Waals surface area contributed by atoms with E-state index >= 15 is 0 Å². The summed E-state index contributed by atoms with van der Waals surface area (Å²) in [4.78, 5) is 11.5. The van der Waals surface area contributed by atoms with Crippen LogP contribution in [0, 0.1) is 0 Å². The first-order valence-electron chi connectivity index (χ1n) is 6.02. The number of carbonyl (C=O) groups excluding carboxylic acids is 1. The summed E-state index contributed by atoms with van der Waals surface area (Å²) < 4.78 is 5.08. The maximum Gasteiger partial charge on any atom is 0.333 e. The van der Waals surface area contributed by atoms with Crippen molar-refractivity contribution < 1.29 is 9.53 Å². The summed E-state index contributed by atoms with van der Waals surface area (Å²) in [7, 11) is 0. The van der Waals surface area contributed by atoms with Crippen molar-refractivity contribution in [3.05, 3.63) is 48.0 Å². The minimum atomic E-state index is -0.270. The predicted octanol–water partition coefficient (Wildman–Crippen LogP) is 3.52. The average molecular weight is 232 g/mol. The molecule has 0 saturated heterocycles. The Kier molecular flexibility index (Phi) is 5.47. The van der Waals surface area contributed by atoms with Crippen molar-refractivity contribution in [1.29, 1.82) is 0 Å². The minimum absolute atomic E-state index is 0.0756. The Morgan fingerprint density at radius 2 is 1.94 bits per heavy atom. The first kappa shape index (κ1) is 13.5.